The van der Waals surface area contributed by atoms with Crippen molar-refractivity contribution in [3.63, 3.8) is 0 Å². The minimum Gasteiger partial charge on any atom is -0.357 e. The Hall–Kier alpha value is -1.06. The molecule has 3 heteroatoms. The summed E-state index contributed by atoms with van der Waals surface area (Å²) in [5, 5.41) is 4.26. The van der Waals surface area contributed by atoms with E-state index in [0.717, 1.165) is 0 Å². The fraction of sp³-hybridized carbons (Fsp3) is 0.200. The monoisotopic (exact) mass is 192 g/mol. The fourth-order valence-electron chi connectivity index (χ4n) is 1.40. The lowest BCUT2D eigenvalue weighted by Crippen LogP contribution is -1.95. The lowest BCUT2D eigenvalue weighted by atomic mass is 10.1. The van der Waals surface area contributed by atoms with Crippen molar-refractivity contribution in [1.29, 1.82) is 0 Å². The Morgan fingerprint density at radius 1 is 1.46 bits per heavy atom. The second kappa shape index (κ2) is 3.36. The molecule has 0 radical (unpaired) electrons. The smallest absolute Gasteiger partial charge is 0.0192 e. The van der Waals surface area contributed by atoms with Crippen LogP contribution in [-0.2, 0) is 13.6 Å². The molecule has 2 nitrogen and oxygen atoms in total. The van der Waals surface area contributed by atoms with E-state index in [1.54, 1.807) is 11.3 Å². The third kappa shape index (κ3) is 1.53. The zero-order valence-corrected chi connectivity index (χ0v) is 8.34. The van der Waals surface area contributed by atoms with Gasteiger partial charge in [-0.05, 0) is 28.0 Å². The summed E-state index contributed by atoms with van der Waals surface area (Å²) in [7, 11) is 2.03. The summed E-state index contributed by atoms with van der Waals surface area (Å²) in [4.78, 5) is 0. The summed E-state index contributed by atoms with van der Waals surface area (Å²) in [5.41, 5.74) is 9.40. The van der Waals surface area contributed by atoms with Gasteiger partial charge in [0.15, 0.2) is 0 Å². The van der Waals surface area contributed by atoms with Crippen LogP contribution in [-0.4, -0.2) is 4.57 Å². The van der Waals surface area contributed by atoms with Gasteiger partial charge in [0.25, 0.3) is 0 Å². The Labute approximate surface area is 81.6 Å². The molecule has 2 heterocycles. The van der Waals surface area contributed by atoms with E-state index in [4.69, 9.17) is 5.73 Å². The molecule has 0 bridgehead atoms. The average Bonchev–Trinajstić information content (AvgIpc) is 2.71. The summed E-state index contributed by atoms with van der Waals surface area (Å²) in [6.45, 7) is 0.619. The Balaban J connectivity index is 2.45. The van der Waals surface area contributed by atoms with Gasteiger partial charge >= 0.3 is 0 Å². The number of aryl methyl sites for hydroxylation is 1. The summed E-state index contributed by atoms with van der Waals surface area (Å²) >= 11 is 1.71. The largest absolute Gasteiger partial charge is 0.357 e. The van der Waals surface area contributed by atoms with Crippen LogP contribution in [0.2, 0.25) is 0 Å². The third-order valence-corrected chi connectivity index (χ3v) is 2.90. The molecule has 2 aromatic heterocycles. The molecule has 0 aromatic carbocycles. The van der Waals surface area contributed by atoms with Crippen molar-refractivity contribution in [2.24, 2.45) is 12.8 Å². The average molecular weight is 192 g/mol. The van der Waals surface area contributed by atoms with Gasteiger partial charge in [-0.25, -0.2) is 0 Å². The first kappa shape index (κ1) is 8.53. The lowest BCUT2D eigenvalue weighted by molar-refractivity contribution is 0.928. The minimum absolute atomic E-state index is 0.619. The Morgan fingerprint density at radius 2 is 2.31 bits per heavy atom. The second-order valence-corrected chi connectivity index (χ2v) is 3.82. The highest BCUT2D eigenvalue weighted by atomic mass is 32.1. The highest BCUT2D eigenvalue weighted by molar-refractivity contribution is 7.08. The summed E-state index contributed by atoms with van der Waals surface area (Å²) in [6.07, 6.45) is 4.16. The fourth-order valence-corrected chi connectivity index (χ4v) is 2.28. The van der Waals surface area contributed by atoms with Crippen molar-refractivity contribution in [3.8, 4) is 11.1 Å². The van der Waals surface area contributed by atoms with Gasteiger partial charge in [0, 0.05) is 31.5 Å². The number of rotatable bonds is 2. The van der Waals surface area contributed by atoms with Gasteiger partial charge in [-0.2, -0.15) is 11.3 Å². The molecule has 2 rings (SSSR count). The van der Waals surface area contributed by atoms with Crippen LogP contribution in [0.15, 0.2) is 29.2 Å². The molecule has 0 aliphatic heterocycles. The van der Waals surface area contributed by atoms with Gasteiger partial charge in [0.05, 0.1) is 0 Å². The first-order valence-electron chi connectivity index (χ1n) is 4.18. The number of nitrogens with zero attached hydrogens (tertiary/aromatic N) is 1. The Morgan fingerprint density at radius 3 is 2.92 bits per heavy atom. The van der Waals surface area contributed by atoms with Gasteiger partial charge in [-0.15, -0.1) is 0 Å². The molecule has 2 aromatic rings. The van der Waals surface area contributed by atoms with Crippen molar-refractivity contribution >= 4 is 11.3 Å². The first-order valence-corrected chi connectivity index (χ1v) is 5.13. The van der Waals surface area contributed by atoms with Crippen molar-refractivity contribution < 1.29 is 0 Å². The van der Waals surface area contributed by atoms with Crippen molar-refractivity contribution in [2.75, 3.05) is 0 Å². The van der Waals surface area contributed by atoms with Crippen LogP contribution < -0.4 is 5.73 Å². The highest BCUT2D eigenvalue weighted by Crippen LogP contribution is 2.26. The van der Waals surface area contributed by atoms with Crippen LogP contribution in [0, 0.1) is 0 Å². The zero-order chi connectivity index (χ0) is 9.26. The van der Waals surface area contributed by atoms with Gasteiger partial charge in [-0.1, -0.05) is 0 Å². The highest BCUT2D eigenvalue weighted by Gasteiger charge is 2.05. The van der Waals surface area contributed by atoms with Crippen LogP contribution in [0.3, 0.4) is 0 Å². The Kier molecular flexibility index (Phi) is 2.20. The molecule has 0 atom stereocenters. The lowest BCUT2D eigenvalue weighted by Gasteiger charge is -1.97. The maximum Gasteiger partial charge on any atom is 0.0192 e. The number of hydrogen-bond acceptors (Lipinski definition) is 2. The molecule has 13 heavy (non-hydrogen) atoms. The van der Waals surface area contributed by atoms with Crippen LogP contribution >= 0.6 is 11.3 Å². The van der Waals surface area contributed by atoms with E-state index in [1.165, 1.54) is 16.7 Å². The quantitative estimate of drug-likeness (QED) is 0.777. The number of aromatic nitrogens is 1. The van der Waals surface area contributed by atoms with E-state index < -0.39 is 0 Å². The molecule has 68 valence electrons. The number of hydrogen-bond donors (Lipinski definition) is 1. The molecule has 0 fully saturated rings. The topological polar surface area (TPSA) is 30.9 Å². The van der Waals surface area contributed by atoms with E-state index in [2.05, 4.69) is 23.0 Å². The normalized spacial score (nSPS) is 10.6. The van der Waals surface area contributed by atoms with Gasteiger partial charge in [0.1, 0.15) is 0 Å². The molecule has 0 saturated heterocycles. The summed E-state index contributed by atoms with van der Waals surface area (Å²) < 4.78 is 2.05. The molecule has 0 unspecified atom stereocenters. The van der Waals surface area contributed by atoms with Crippen LogP contribution in [0.25, 0.3) is 11.1 Å². The van der Waals surface area contributed by atoms with Crippen molar-refractivity contribution in [3.05, 3.63) is 34.8 Å². The van der Waals surface area contributed by atoms with Gasteiger partial charge in [-0.3, -0.25) is 0 Å². The SMILES string of the molecule is Cn1ccc(-c2cscc2CN)c1. The number of nitrogens with two attached hydrogens (primary N) is 1. The first-order chi connectivity index (χ1) is 6.31. The maximum absolute atomic E-state index is 5.64. The van der Waals surface area contributed by atoms with E-state index >= 15 is 0 Å². The summed E-state index contributed by atoms with van der Waals surface area (Å²) in [5.74, 6) is 0. The van der Waals surface area contributed by atoms with Crippen LogP contribution in [0.4, 0.5) is 0 Å². The molecular formula is C10H12N2S. The summed E-state index contributed by atoms with van der Waals surface area (Å²) in [6, 6.07) is 2.11. The van der Waals surface area contributed by atoms with Crippen LogP contribution in [0.1, 0.15) is 5.56 Å². The third-order valence-electron chi connectivity index (χ3n) is 2.11. The standard InChI is InChI=1S/C10H12N2S/c1-12-3-2-8(5-12)10-7-13-6-9(10)4-11/h2-3,5-7H,4,11H2,1H3. The van der Waals surface area contributed by atoms with E-state index in [9.17, 15) is 0 Å². The minimum atomic E-state index is 0.619. The maximum atomic E-state index is 5.64. The second-order valence-electron chi connectivity index (χ2n) is 3.08. The zero-order valence-electron chi connectivity index (χ0n) is 7.53. The van der Waals surface area contributed by atoms with E-state index in [1.807, 2.05) is 17.8 Å². The molecular weight excluding hydrogens is 180 g/mol. The molecule has 0 aliphatic rings. The van der Waals surface area contributed by atoms with E-state index in [0.29, 0.717) is 6.54 Å². The predicted molar refractivity (Wildman–Crippen MR) is 56.6 cm³/mol. The number of thiophene rings is 1. The van der Waals surface area contributed by atoms with Gasteiger partial charge < -0.3 is 10.3 Å². The predicted octanol–water partition coefficient (Wildman–Crippen LogP) is 2.21. The molecule has 0 spiro atoms. The van der Waals surface area contributed by atoms with Crippen molar-refractivity contribution in [1.82, 2.24) is 4.57 Å². The van der Waals surface area contributed by atoms with E-state index in [-0.39, 0.29) is 0 Å². The molecule has 0 amide bonds. The Bertz CT molecular complexity index is 400. The van der Waals surface area contributed by atoms with Gasteiger partial charge in [0.2, 0.25) is 0 Å². The molecule has 0 aliphatic carbocycles. The van der Waals surface area contributed by atoms with Crippen molar-refractivity contribution in [2.45, 2.75) is 6.54 Å². The molecule has 2 N–H and O–H groups in total. The van der Waals surface area contributed by atoms with Crippen LogP contribution in [0.5, 0.6) is 0 Å². The molecule has 0 saturated carbocycles.